The monoisotopic (exact) mass is 355 g/mol. The molecule has 1 unspecified atom stereocenters. The summed E-state index contributed by atoms with van der Waals surface area (Å²) >= 11 is 6.15. The molecular formula is C21H22ClNO2. The van der Waals surface area contributed by atoms with Crippen LogP contribution in [0.2, 0.25) is 5.02 Å². The van der Waals surface area contributed by atoms with Crippen molar-refractivity contribution in [2.45, 2.75) is 44.2 Å². The summed E-state index contributed by atoms with van der Waals surface area (Å²) in [5.41, 5.74) is 3.00. The van der Waals surface area contributed by atoms with E-state index in [9.17, 15) is 4.79 Å². The molecule has 130 valence electrons. The van der Waals surface area contributed by atoms with Crippen LogP contribution in [0.3, 0.4) is 0 Å². The second kappa shape index (κ2) is 6.72. The van der Waals surface area contributed by atoms with Gasteiger partial charge in [-0.25, -0.2) is 0 Å². The number of ether oxygens (including phenoxy) is 1. The standard InChI is InChI=1S/C21H22ClNO2/c1-25-20-13-15(22)10-11-18(20)19-12-14-6-2-5-9-17(14)21(24)23(19)16-7-3-4-8-16/h2,5-6,9-11,13,16,19H,3-4,7-8,12H2,1H3. The van der Waals surface area contributed by atoms with Gasteiger partial charge in [0.25, 0.3) is 5.91 Å². The second-order valence-electron chi connectivity index (χ2n) is 6.91. The van der Waals surface area contributed by atoms with Crippen molar-refractivity contribution >= 4 is 17.5 Å². The summed E-state index contributed by atoms with van der Waals surface area (Å²) in [6.45, 7) is 0. The molecule has 0 radical (unpaired) electrons. The van der Waals surface area contributed by atoms with Gasteiger partial charge in [-0.15, -0.1) is 0 Å². The maximum Gasteiger partial charge on any atom is 0.254 e. The van der Waals surface area contributed by atoms with E-state index in [4.69, 9.17) is 16.3 Å². The van der Waals surface area contributed by atoms with Gasteiger partial charge in [-0.2, -0.15) is 0 Å². The number of hydrogen-bond donors (Lipinski definition) is 0. The molecule has 0 saturated heterocycles. The normalized spacial score (nSPS) is 20.6. The van der Waals surface area contributed by atoms with Crippen LogP contribution in [0.1, 0.15) is 53.2 Å². The van der Waals surface area contributed by atoms with E-state index >= 15 is 0 Å². The van der Waals surface area contributed by atoms with Gasteiger partial charge in [-0.05, 0) is 43.0 Å². The molecule has 0 N–H and O–H groups in total. The van der Waals surface area contributed by atoms with E-state index < -0.39 is 0 Å². The van der Waals surface area contributed by atoms with Gasteiger partial charge in [-0.1, -0.05) is 48.7 Å². The lowest BCUT2D eigenvalue weighted by Gasteiger charge is -2.41. The number of halogens is 1. The minimum atomic E-state index is -0.00211. The van der Waals surface area contributed by atoms with Crippen molar-refractivity contribution in [1.29, 1.82) is 0 Å². The van der Waals surface area contributed by atoms with Crippen LogP contribution in [-0.2, 0) is 6.42 Å². The summed E-state index contributed by atoms with van der Waals surface area (Å²) in [5, 5.41) is 0.649. The quantitative estimate of drug-likeness (QED) is 0.772. The average molecular weight is 356 g/mol. The number of amides is 1. The van der Waals surface area contributed by atoms with Crippen molar-refractivity contribution in [2.75, 3.05) is 7.11 Å². The van der Waals surface area contributed by atoms with E-state index in [2.05, 4.69) is 11.0 Å². The van der Waals surface area contributed by atoms with Crippen LogP contribution >= 0.6 is 11.6 Å². The third kappa shape index (κ3) is 2.91. The maximum absolute atomic E-state index is 13.3. The Kier molecular flexibility index (Phi) is 4.43. The van der Waals surface area contributed by atoms with Gasteiger partial charge in [0.15, 0.2) is 0 Å². The Morgan fingerprint density at radius 3 is 2.64 bits per heavy atom. The number of nitrogens with zero attached hydrogens (tertiary/aromatic N) is 1. The van der Waals surface area contributed by atoms with Crippen LogP contribution < -0.4 is 4.74 Å². The molecule has 0 aromatic heterocycles. The van der Waals surface area contributed by atoms with E-state index in [-0.39, 0.29) is 11.9 Å². The number of carbonyl (C=O) groups excluding carboxylic acids is 1. The number of fused-ring (bicyclic) bond motifs is 1. The molecular weight excluding hydrogens is 334 g/mol. The molecule has 1 saturated carbocycles. The third-order valence-corrected chi connectivity index (χ3v) is 5.74. The molecule has 1 fully saturated rings. The SMILES string of the molecule is COc1cc(Cl)ccc1C1Cc2ccccc2C(=O)N1C1CCCC1. The number of rotatable bonds is 3. The highest BCUT2D eigenvalue weighted by atomic mass is 35.5. The third-order valence-electron chi connectivity index (χ3n) is 5.50. The Morgan fingerprint density at radius 1 is 1.12 bits per heavy atom. The van der Waals surface area contributed by atoms with Crippen LogP contribution in [0, 0.1) is 0 Å². The van der Waals surface area contributed by atoms with E-state index in [0.717, 1.165) is 41.7 Å². The van der Waals surface area contributed by atoms with E-state index in [1.165, 1.54) is 12.8 Å². The lowest BCUT2D eigenvalue weighted by molar-refractivity contribution is 0.0536. The fourth-order valence-corrected chi connectivity index (χ4v) is 4.48. The summed E-state index contributed by atoms with van der Waals surface area (Å²) in [6, 6.07) is 14.0. The minimum absolute atomic E-state index is 0.00211. The molecule has 1 atom stereocenters. The second-order valence-corrected chi connectivity index (χ2v) is 7.35. The van der Waals surface area contributed by atoms with Crippen LogP contribution in [0.5, 0.6) is 5.75 Å². The highest BCUT2D eigenvalue weighted by Crippen LogP contribution is 2.42. The van der Waals surface area contributed by atoms with E-state index in [1.54, 1.807) is 7.11 Å². The van der Waals surface area contributed by atoms with Crippen LogP contribution in [0.15, 0.2) is 42.5 Å². The van der Waals surface area contributed by atoms with Crippen molar-refractivity contribution in [3.8, 4) is 5.75 Å². The number of methoxy groups -OCH3 is 1. The molecule has 4 rings (SSSR count). The van der Waals surface area contributed by atoms with Crippen molar-refractivity contribution in [3.63, 3.8) is 0 Å². The molecule has 0 bridgehead atoms. The van der Waals surface area contributed by atoms with Crippen LogP contribution in [0.25, 0.3) is 0 Å². The lowest BCUT2D eigenvalue weighted by atomic mass is 9.87. The van der Waals surface area contributed by atoms with Crippen LogP contribution in [0.4, 0.5) is 0 Å². The van der Waals surface area contributed by atoms with Gasteiger partial charge in [-0.3, -0.25) is 4.79 Å². The highest BCUT2D eigenvalue weighted by molar-refractivity contribution is 6.30. The molecule has 1 amide bonds. The molecule has 1 aliphatic heterocycles. The van der Waals surface area contributed by atoms with Gasteiger partial charge in [0.05, 0.1) is 13.2 Å². The largest absolute Gasteiger partial charge is 0.496 e. The summed E-state index contributed by atoms with van der Waals surface area (Å²) < 4.78 is 5.59. The maximum atomic E-state index is 13.3. The molecule has 2 aromatic carbocycles. The first-order chi connectivity index (χ1) is 12.2. The Morgan fingerprint density at radius 2 is 1.88 bits per heavy atom. The van der Waals surface area contributed by atoms with E-state index in [0.29, 0.717) is 11.1 Å². The minimum Gasteiger partial charge on any atom is -0.496 e. The van der Waals surface area contributed by atoms with Gasteiger partial charge < -0.3 is 9.64 Å². The van der Waals surface area contributed by atoms with E-state index in [1.807, 2.05) is 36.4 Å². The zero-order valence-corrected chi connectivity index (χ0v) is 15.1. The van der Waals surface area contributed by atoms with Gasteiger partial charge in [0.2, 0.25) is 0 Å². The molecule has 1 heterocycles. The summed E-state index contributed by atoms with van der Waals surface area (Å²) in [4.78, 5) is 15.4. The highest BCUT2D eigenvalue weighted by Gasteiger charge is 2.39. The number of benzene rings is 2. The Hall–Kier alpha value is -2.00. The molecule has 1 aliphatic carbocycles. The first-order valence-corrected chi connectivity index (χ1v) is 9.31. The number of hydrogen-bond acceptors (Lipinski definition) is 2. The van der Waals surface area contributed by atoms with Gasteiger partial charge >= 0.3 is 0 Å². The molecule has 4 heteroatoms. The van der Waals surface area contributed by atoms with Crippen molar-refractivity contribution in [2.24, 2.45) is 0 Å². The molecule has 25 heavy (non-hydrogen) atoms. The lowest BCUT2D eigenvalue weighted by Crippen LogP contribution is -2.45. The van der Waals surface area contributed by atoms with Crippen molar-refractivity contribution in [1.82, 2.24) is 4.90 Å². The first kappa shape index (κ1) is 16.5. The Bertz CT molecular complexity index is 798. The summed E-state index contributed by atoms with van der Waals surface area (Å²) in [7, 11) is 1.66. The zero-order chi connectivity index (χ0) is 17.4. The van der Waals surface area contributed by atoms with Crippen molar-refractivity contribution in [3.05, 3.63) is 64.2 Å². The first-order valence-electron chi connectivity index (χ1n) is 8.93. The van der Waals surface area contributed by atoms with Crippen molar-refractivity contribution < 1.29 is 9.53 Å². The molecule has 0 spiro atoms. The molecule has 2 aromatic rings. The molecule has 3 nitrogen and oxygen atoms in total. The predicted molar refractivity (Wildman–Crippen MR) is 99.3 cm³/mol. The van der Waals surface area contributed by atoms with Crippen LogP contribution in [-0.4, -0.2) is 24.0 Å². The Labute approximate surface area is 153 Å². The van der Waals surface area contributed by atoms with Gasteiger partial charge in [0, 0.05) is 22.2 Å². The smallest absolute Gasteiger partial charge is 0.254 e. The predicted octanol–water partition coefficient (Wildman–Crippen LogP) is 5.03. The fourth-order valence-electron chi connectivity index (χ4n) is 4.32. The zero-order valence-electron chi connectivity index (χ0n) is 14.4. The number of carbonyl (C=O) groups is 1. The fraction of sp³-hybridized carbons (Fsp3) is 0.381. The Balaban J connectivity index is 1.82. The summed E-state index contributed by atoms with van der Waals surface area (Å²) in [6.07, 6.45) is 5.37. The average Bonchev–Trinajstić information content (AvgIpc) is 3.15. The topological polar surface area (TPSA) is 29.5 Å². The molecule has 2 aliphatic rings. The van der Waals surface area contributed by atoms with Gasteiger partial charge in [0.1, 0.15) is 5.75 Å². The summed E-state index contributed by atoms with van der Waals surface area (Å²) in [5.74, 6) is 0.906.